The molecule has 0 aliphatic carbocycles. The predicted molar refractivity (Wildman–Crippen MR) is 109 cm³/mol. The maximum atomic E-state index is 13.1. The molecule has 0 unspecified atom stereocenters. The second-order valence-electron chi connectivity index (χ2n) is 6.06. The number of carbonyl (C=O) groups is 1. The summed E-state index contributed by atoms with van der Waals surface area (Å²) in [7, 11) is 0. The molecule has 2 heterocycles. The third kappa shape index (κ3) is 3.37. The molecule has 2 aromatic carbocycles. The summed E-state index contributed by atoms with van der Waals surface area (Å²) in [6, 6.07) is 15.0. The first-order chi connectivity index (χ1) is 13.4. The molecule has 5 nitrogen and oxygen atoms in total. The van der Waals surface area contributed by atoms with Crippen molar-refractivity contribution in [1.29, 1.82) is 0 Å². The van der Waals surface area contributed by atoms with E-state index in [1.54, 1.807) is 48.5 Å². The fourth-order valence-corrected chi connectivity index (χ4v) is 3.29. The molecule has 0 amide bonds. The Morgan fingerprint density at radius 2 is 1.86 bits per heavy atom. The van der Waals surface area contributed by atoms with Crippen molar-refractivity contribution < 1.29 is 18.4 Å². The van der Waals surface area contributed by atoms with Gasteiger partial charge in [0.1, 0.15) is 5.58 Å². The van der Waals surface area contributed by atoms with Gasteiger partial charge in [-0.2, -0.15) is 0 Å². The molecular formula is C21H12BrClO5. The highest BCUT2D eigenvalue weighted by molar-refractivity contribution is 9.10. The maximum absolute atomic E-state index is 13.1. The first kappa shape index (κ1) is 18.5. The van der Waals surface area contributed by atoms with Crippen molar-refractivity contribution in [3.8, 4) is 17.1 Å². The molecule has 4 aromatic rings. The Balaban J connectivity index is 1.95. The quantitative estimate of drug-likeness (QED) is 0.352. The van der Waals surface area contributed by atoms with Gasteiger partial charge in [-0.25, -0.2) is 4.79 Å². The number of furan rings is 1. The molecule has 0 bridgehead atoms. The Kier molecular flexibility index (Phi) is 4.83. The van der Waals surface area contributed by atoms with Gasteiger partial charge in [0.15, 0.2) is 10.4 Å². The zero-order chi connectivity index (χ0) is 19.8. The predicted octanol–water partition coefficient (Wildman–Crippen LogP) is 6.00. The van der Waals surface area contributed by atoms with Gasteiger partial charge >= 0.3 is 5.97 Å². The molecule has 7 heteroatoms. The molecule has 4 rings (SSSR count). The molecule has 0 fully saturated rings. The molecule has 0 atom stereocenters. The van der Waals surface area contributed by atoms with Crippen LogP contribution in [0.15, 0.2) is 72.9 Å². The first-order valence-electron chi connectivity index (χ1n) is 8.24. The van der Waals surface area contributed by atoms with Gasteiger partial charge < -0.3 is 13.6 Å². The summed E-state index contributed by atoms with van der Waals surface area (Å²) in [6.45, 7) is 1.89. The minimum atomic E-state index is -0.822. The van der Waals surface area contributed by atoms with Crippen molar-refractivity contribution in [2.45, 2.75) is 6.92 Å². The van der Waals surface area contributed by atoms with Gasteiger partial charge in [0.2, 0.25) is 16.9 Å². The highest BCUT2D eigenvalue weighted by Gasteiger charge is 2.24. The highest BCUT2D eigenvalue weighted by atomic mass is 79.9. The number of hydrogen-bond donors (Lipinski definition) is 0. The van der Waals surface area contributed by atoms with Crippen molar-refractivity contribution in [3.05, 3.63) is 85.8 Å². The van der Waals surface area contributed by atoms with Gasteiger partial charge in [-0.3, -0.25) is 4.79 Å². The van der Waals surface area contributed by atoms with E-state index in [1.165, 1.54) is 6.07 Å². The van der Waals surface area contributed by atoms with Gasteiger partial charge in [-0.1, -0.05) is 29.8 Å². The van der Waals surface area contributed by atoms with Crippen LogP contribution in [-0.2, 0) is 0 Å². The number of fused-ring (bicyclic) bond motifs is 1. The summed E-state index contributed by atoms with van der Waals surface area (Å²) < 4.78 is 16.9. The van der Waals surface area contributed by atoms with Crippen LogP contribution >= 0.6 is 27.5 Å². The smallest absolute Gasteiger partial charge is 0.379 e. The van der Waals surface area contributed by atoms with Crippen LogP contribution in [0.25, 0.3) is 22.3 Å². The van der Waals surface area contributed by atoms with Crippen LogP contribution < -0.4 is 10.2 Å². The monoisotopic (exact) mass is 458 g/mol. The lowest BCUT2D eigenvalue weighted by molar-refractivity contribution is 0.0696. The fraction of sp³-hybridized carbons (Fsp3) is 0.0476. The summed E-state index contributed by atoms with van der Waals surface area (Å²) in [5.74, 6) is -1.05. The zero-order valence-electron chi connectivity index (χ0n) is 14.5. The average molecular weight is 460 g/mol. The second-order valence-corrected chi connectivity index (χ2v) is 7.25. The van der Waals surface area contributed by atoms with E-state index in [1.807, 2.05) is 6.92 Å². The number of carbonyl (C=O) groups excluding carboxylic acids is 1. The van der Waals surface area contributed by atoms with E-state index in [2.05, 4.69) is 15.9 Å². The third-order valence-corrected chi connectivity index (χ3v) is 4.85. The normalized spacial score (nSPS) is 11.0. The molecule has 0 radical (unpaired) electrons. The minimum absolute atomic E-state index is 0.0552. The Bertz CT molecular complexity index is 1270. The molecule has 0 aliphatic rings. The van der Waals surface area contributed by atoms with E-state index in [4.69, 9.17) is 25.2 Å². The fourth-order valence-electron chi connectivity index (χ4n) is 2.77. The molecule has 0 saturated carbocycles. The van der Waals surface area contributed by atoms with Crippen LogP contribution in [0.4, 0.5) is 0 Å². The van der Waals surface area contributed by atoms with Gasteiger partial charge in [0.05, 0.1) is 10.4 Å². The van der Waals surface area contributed by atoms with Gasteiger partial charge in [-0.05, 0) is 64.8 Å². The molecule has 0 saturated heterocycles. The summed E-state index contributed by atoms with van der Waals surface area (Å²) in [6.07, 6.45) is 0. The molecular weight excluding hydrogens is 448 g/mol. The number of esters is 1. The Hall–Kier alpha value is -2.83. The van der Waals surface area contributed by atoms with Crippen molar-refractivity contribution in [3.63, 3.8) is 0 Å². The van der Waals surface area contributed by atoms with Crippen molar-refractivity contribution in [1.82, 2.24) is 0 Å². The summed E-state index contributed by atoms with van der Waals surface area (Å²) in [4.78, 5) is 25.6. The lowest BCUT2D eigenvalue weighted by Gasteiger charge is -2.11. The number of halogens is 2. The number of benzene rings is 2. The van der Waals surface area contributed by atoms with Gasteiger partial charge in [-0.15, -0.1) is 0 Å². The van der Waals surface area contributed by atoms with E-state index in [0.717, 1.165) is 5.56 Å². The van der Waals surface area contributed by atoms with Crippen LogP contribution in [0.2, 0.25) is 5.02 Å². The average Bonchev–Trinajstić information content (AvgIpc) is 3.10. The lowest BCUT2D eigenvalue weighted by Crippen LogP contribution is -2.16. The summed E-state index contributed by atoms with van der Waals surface area (Å²) >= 11 is 9.42. The van der Waals surface area contributed by atoms with E-state index >= 15 is 0 Å². The summed E-state index contributed by atoms with van der Waals surface area (Å²) in [5.41, 5.74) is 1.26. The Morgan fingerprint density at radius 3 is 2.57 bits per heavy atom. The molecule has 0 spiro atoms. The molecule has 0 N–H and O–H groups in total. The Labute approximate surface area is 172 Å². The maximum Gasteiger partial charge on any atom is 0.379 e. The van der Waals surface area contributed by atoms with Crippen LogP contribution in [0.1, 0.15) is 16.1 Å². The largest absolute Gasteiger partial charge is 0.452 e. The minimum Gasteiger partial charge on any atom is -0.452 e. The molecule has 28 heavy (non-hydrogen) atoms. The van der Waals surface area contributed by atoms with E-state index < -0.39 is 11.4 Å². The van der Waals surface area contributed by atoms with Crippen molar-refractivity contribution in [2.24, 2.45) is 0 Å². The van der Waals surface area contributed by atoms with E-state index in [9.17, 15) is 9.59 Å². The number of aryl methyl sites for hydroxylation is 1. The zero-order valence-corrected chi connectivity index (χ0v) is 16.8. The highest BCUT2D eigenvalue weighted by Crippen LogP contribution is 2.35. The standard InChI is InChI=1S/C21H12BrClO5/c1-11-6-7-13-16(10-11)27-19(12-4-2-3-5-14(12)23)20(18(13)24)28-21(25)15-8-9-17(22)26-15/h2-10H,1H3. The first-order valence-corrected chi connectivity index (χ1v) is 9.41. The van der Waals surface area contributed by atoms with Crippen LogP contribution in [0.5, 0.6) is 5.75 Å². The van der Waals surface area contributed by atoms with Crippen molar-refractivity contribution >= 4 is 44.5 Å². The van der Waals surface area contributed by atoms with Crippen LogP contribution in [-0.4, -0.2) is 5.97 Å². The SMILES string of the molecule is Cc1ccc2c(=O)c(OC(=O)c3ccc(Br)o3)c(-c3ccccc3Cl)oc2c1. The second kappa shape index (κ2) is 7.30. The molecule has 140 valence electrons. The third-order valence-electron chi connectivity index (χ3n) is 4.09. The molecule has 0 aliphatic heterocycles. The van der Waals surface area contributed by atoms with E-state index in [-0.39, 0.29) is 17.3 Å². The van der Waals surface area contributed by atoms with Crippen molar-refractivity contribution in [2.75, 3.05) is 0 Å². The Morgan fingerprint density at radius 1 is 1.07 bits per heavy atom. The topological polar surface area (TPSA) is 69.7 Å². The molecule has 2 aromatic heterocycles. The van der Waals surface area contributed by atoms with E-state index in [0.29, 0.717) is 26.2 Å². The number of ether oxygens (including phenoxy) is 1. The number of hydrogen-bond acceptors (Lipinski definition) is 5. The van der Waals surface area contributed by atoms with Crippen LogP contribution in [0.3, 0.4) is 0 Å². The van der Waals surface area contributed by atoms with Gasteiger partial charge in [0.25, 0.3) is 0 Å². The van der Waals surface area contributed by atoms with Gasteiger partial charge in [0, 0.05) is 5.56 Å². The lowest BCUT2D eigenvalue weighted by atomic mass is 10.1. The summed E-state index contributed by atoms with van der Waals surface area (Å²) in [5, 5.41) is 0.653. The number of rotatable bonds is 3. The van der Waals surface area contributed by atoms with Crippen LogP contribution in [0, 0.1) is 6.92 Å².